The molecule has 5 aromatic rings. The summed E-state index contributed by atoms with van der Waals surface area (Å²) in [6, 6.07) is 32.9. The van der Waals surface area contributed by atoms with Gasteiger partial charge in [0.05, 0.1) is 29.0 Å². The maximum atomic E-state index is 9.49. The average Bonchev–Trinajstić information content (AvgIpc) is 3.43. The summed E-state index contributed by atoms with van der Waals surface area (Å²) < 4.78 is 15.4. The van der Waals surface area contributed by atoms with Crippen LogP contribution in [0.5, 0.6) is 0 Å². The Hall–Kier alpha value is -3.04. The summed E-state index contributed by atoms with van der Waals surface area (Å²) in [6.07, 6.45) is 0.0968. The molecule has 1 saturated heterocycles. The molecule has 4 aromatic carbocycles. The second-order valence-electron chi connectivity index (χ2n) is 9.64. The van der Waals surface area contributed by atoms with Gasteiger partial charge in [0, 0.05) is 24.3 Å². The predicted octanol–water partition coefficient (Wildman–Crippen LogP) is 7.25. The largest absolute Gasteiger partial charge is 0.392 e. The van der Waals surface area contributed by atoms with Crippen molar-refractivity contribution in [2.45, 2.75) is 42.4 Å². The van der Waals surface area contributed by atoms with Gasteiger partial charge in [0.2, 0.25) is 0 Å². The highest BCUT2D eigenvalue weighted by atomic mass is 32.2. The maximum absolute atomic E-state index is 9.49. The van der Waals surface area contributed by atoms with E-state index in [1.54, 1.807) is 23.1 Å². The summed E-state index contributed by atoms with van der Waals surface area (Å²) in [5, 5.41) is 9.49. The Kier molecular flexibility index (Phi) is 8.06. The molecule has 39 heavy (non-hydrogen) atoms. The van der Waals surface area contributed by atoms with Crippen LogP contribution >= 0.6 is 23.1 Å². The monoisotopic (exact) mass is 554 g/mol. The number of thioether (sulfide) groups is 1. The minimum absolute atomic E-state index is 0.0208. The second-order valence-corrected chi connectivity index (χ2v) is 11.9. The van der Waals surface area contributed by atoms with Crippen LogP contribution in [0.4, 0.5) is 0 Å². The fourth-order valence-electron chi connectivity index (χ4n) is 4.84. The zero-order chi connectivity index (χ0) is 26.6. The molecule has 3 N–H and O–H groups in total. The van der Waals surface area contributed by atoms with Crippen molar-refractivity contribution >= 4 is 33.3 Å². The van der Waals surface area contributed by atoms with Crippen LogP contribution in [0.15, 0.2) is 101 Å². The summed E-state index contributed by atoms with van der Waals surface area (Å²) in [5.41, 5.74) is 13.2. The van der Waals surface area contributed by atoms with Crippen LogP contribution in [-0.2, 0) is 22.6 Å². The molecule has 1 fully saturated rings. The molecule has 0 bridgehead atoms. The third-order valence-corrected chi connectivity index (χ3v) is 9.25. The average molecular weight is 555 g/mol. The highest BCUT2D eigenvalue weighted by Crippen LogP contribution is 2.41. The first kappa shape index (κ1) is 26.2. The van der Waals surface area contributed by atoms with Gasteiger partial charge in [-0.15, -0.1) is 11.3 Å². The number of rotatable bonds is 8. The van der Waals surface area contributed by atoms with Gasteiger partial charge >= 0.3 is 0 Å². The first-order chi connectivity index (χ1) is 19.2. The number of ether oxygens (including phenoxy) is 2. The molecule has 198 valence electrons. The number of benzene rings is 4. The number of thiazole rings is 1. The number of para-hydroxylation sites is 1. The summed E-state index contributed by atoms with van der Waals surface area (Å²) in [5.74, 6) is 0.781. The van der Waals surface area contributed by atoms with Crippen molar-refractivity contribution in [3.8, 4) is 11.1 Å². The Morgan fingerprint density at radius 1 is 0.846 bits per heavy atom. The van der Waals surface area contributed by atoms with Crippen molar-refractivity contribution in [2.24, 2.45) is 5.73 Å². The van der Waals surface area contributed by atoms with Gasteiger partial charge < -0.3 is 20.3 Å². The van der Waals surface area contributed by atoms with Gasteiger partial charge in [-0.2, -0.15) is 0 Å². The third-order valence-electron chi connectivity index (χ3n) is 6.94. The Morgan fingerprint density at radius 3 is 2.44 bits per heavy atom. The molecule has 0 spiro atoms. The molecule has 1 aliphatic heterocycles. The Balaban J connectivity index is 1.26. The summed E-state index contributed by atoms with van der Waals surface area (Å²) in [4.78, 5) is 4.79. The molecule has 7 heteroatoms. The van der Waals surface area contributed by atoms with E-state index in [1.165, 1.54) is 4.70 Å². The minimum atomic E-state index is -0.500. The number of nitrogens with zero attached hydrogens (tertiary/aromatic N) is 1. The normalized spacial score (nSPS) is 19.4. The van der Waals surface area contributed by atoms with Gasteiger partial charge in [-0.05, 0) is 52.1 Å². The summed E-state index contributed by atoms with van der Waals surface area (Å²) in [7, 11) is 0. The molecule has 0 unspecified atom stereocenters. The van der Waals surface area contributed by atoms with Crippen molar-refractivity contribution < 1.29 is 14.6 Å². The van der Waals surface area contributed by atoms with Crippen molar-refractivity contribution in [3.63, 3.8) is 0 Å². The number of nitrogens with two attached hydrogens (primary N) is 1. The zero-order valence-electron chi connectivity index (χ0n) is 21.4. The van der Waals surface area contributed by atoms with E-state index in [9.17, 15) is 5.11 Å². The predicted molar refractivity (Wildman–Crippen MR) is 159 cm³/mol. The van der Waals surface area contributed by atoms with E-state index < -0.39 is 6.29 Å². The van der Waals surface area contributed by atoms with E-state index in [0.717, 1.165) is 55.4 Å². The molecule has 5 nitrogen and oxygen atoms in total. The van der Waals surface area contributed by atoms with Crippen molar-refractivity contribution in [1.29, 1.82) is 0 Å². The zero-order valence-corrected chi connectivity index (χ0v) is 23.0. The van der Waals surface area contributed by atoms with Crippen LogP contribution in [0.3, 0.4) is 0 Å². The Morgan fingerprint density at radius 2 is 1.64 bits per heavy atom. The topological polar surface area (TPSA) is 77.6 Å². The summed E-state index contributed by atoms with van der Waals surface area (Å²) in [6.45, 7) is 0.532. The molecule has 6 rings (SSSR count). The molecule has 0 aliphatic carbocycles. The van der Waals surface area contributed by atoms with Crippen molar-refractivity contribution in [1.82, 2.24) is 4.98 Å². The first-order valence-electron chi connectivity index (χ1n) is 13.1. The molecular weight excluding hydrogens is 524 g/mol. The fourth-order valence-corrected chi connectivity index (χ4v) is 6.95. The molecule has 3 atom stereocenters. The Bertz CT molecular complexity index is 1520. The minimum Gasteiger partial charge on any atom is -0.392 e. The number of hydrogen-bond acceptors (Lipinski definition) is 7. The molecule has 0 amide bonds. The SMILES string of the molecule is NCc1cccc(-c2cccc([C@H]3O[C@@H](CSc4nc5ccccc5s4)C[C@@H](c4ccc(CO)cc4)O3)c2)c1. The van der Waals surface area contributed by atoms with Gasteiger partial charge in [0.15, 0.2) is 10.6 Å². The highest BCUT2D eigenvalue weighted by molar-refractivity contribution is 8.01. The van der Waals surface area contributed by atoms with Gasteiger partial charge in [0.1, 0.15) is 0 Å². The number of hydrogen-bond donors (Lipinski definition) is 2. The van der Waals surface area contributed by atoms with E-state index in [0.29, 0.717) is 6.54 Å². The molecule has 1 aromatic heterocycles. The lowest BCUT2D eigenvalue weighted by atomic mass is 9.99. The fraction of sp³-hybridized carbons (Fsp3) is 0.219. The van der Waals surface area contributed by atoms with E-state index >= 15 is 0 Å². The lowest BCUT2D eigenvalue weighted by molar-refractivity contribution is -0.245. The molecule has 1 aliphatic rings. The van der Waals surface area contributed by atoms with Crippen LogP contribution in [0.2, 0.25) is 0 Å². The van der Waals surface area contributed by atoms with Crippen LogP contribution in [0.25, 0.3) is 21.3 Å². The van der Waals surface area contributed by atoms with Gasteiger partial charge in [0.25, 0.3) is 0 Å². The third kappa shape index (κ3) is 6.09. The van der Waals surface area contributed by atoms with Crippen molar-refractivity contribution in [3.05, 3.63) is 119 Å². The van der Waals surface area contributed by atoms with Gasteiger partial charge in [-0.1, -0.05) is 84.6 Å². The standard InChI is InChI=1S/C32H30N2O3S2/c33-18-22-5-3-6-24(15-22)25-7-4-8-26(16-25)31-36-27(17-29(37-31)23-13-11-21(19-35)12-14-23)20-38-32-34-28-9-1-2-10-30(28)39-32/h1-16,27,29,31,35H,17-20,33H2/t27-,29+,31+/m1/s1. The van der Waals surface area contributed by atoms with E-state index in [2.05, 4.69) is 48.5 Å². The summed E-state index contributed by atoms with van der Waals surface area (Å²) >= 11 is 3.46. The lowest BCUT2D eigenvalue weighted by Crippen LogP contribution is -2.31. The quantitative estimate of drug-likeness (QED) is 0.197. The maximum Gasteiger partial charge on any atom is 0.184 e. The molecule has 0 saturated carbocycles. The van der Waals surface area contributed by atoms with E-state index in [1.807, 2.05) is 48.5 Å². The molecular formula is C32H30N2O3S2. The van der Waals surface area contributed by atoms with Gasteiger partial charge in [-0.3, -0.25) is 0 Å². The van der Waals surface area contributed by atoms with Crippen LogP contribution in [0.1, 0.15) is 41.1 Å². The number of aliphatic hydroxyl groups excluding tert-OH is 1. The van der Waals surface area contributed by atoms with Crippen LogP contribution < -0.4 is 5.73 Å². The van der Waals surface area contributed by atoms with E-state index in [-0.39, 0.29) is 18.8 Å². The highest BCUT2D eigenvalue weighted by Gasteiger charge is 2.32. The smallest absolute Gasteiger partial charge is 0.184 e. The van der Waals surface area contributed by atoms with Crippen LogP contribution in [-0.4, -0.2) is 21.9 Å². The van der Waals surface area contributed by atoms with Crippen LogP contribution in [0, 0.1) is 0 Å². The lowest BCUT2D eigenvalue weighted by Gasteiger charge is -2.36. The second kappa shape index (κ2) is 12.0. The van der Waals surface area contributed by atoms with E-state index in [4.69, 9.17) is 20.2 Å². The first-order valence-corrected chi connectivity index (χ1v) is 14.9. The molecule has 2 heterocycles. The Labute approximate surface area is 236 Å². The van der Waals surface area contributed by atoms with Gasteiger partial charge in [-0.25, -0.2) is 4.98 Å². The number of fused-ring (bicyclic) bond motifs is 1. The number of aliphatic hydroxyl groups is 1. The molecule has 0 radical (unpaired) electrons. The van der Waals surface area contributed by atoms with Crippen molar-refractivity contribution in [2.75, 3.05) is 5.75 Å². The number of aromatic nitrogens is 1.